The fourth-order valence-electron chi connectivity index (χ4n) is 2.10. The predicted octanol–water partition coefficient (Wildman–Crippen LogP) is 0.904. The lowest BCUT2D eigenvalue weighted by molar-refractivity contribution is -0.133. The van der Waals surface area contributed by atoms with Crippen molar-refractivity contribution in [2.45, 2.75) is 37.5 Å². The lowest BCUT2D eigenvalue weighted by atomic mass is 10.4. The summed E-state index contributed by atoms with van der Waals surface area (Å²) in [4.78, 5) is 28.2. The second kappa shape index (κ2) is 6.90. The van der Waals surface area contributed by atoms with Crippen LogP contribution in [0.1, 0.15) is 19.8 Å². The largest absolute Gasteiger partial charge is 0.481 e. The SMILES string of the molecule is CCN(CCn1ccc(=O)nc1SCC(=O)O)C1CC1. The van der Waals surface area contributed by atoms with Gasteiger partial charge in [0.25, 0.3) is 5.56 Å². The molecule has 1 saturated carbocycles. The van der Waals surface area contributed by atoms with Crippen LogP contribution >= 0.6 is 11.8 Å². The van der Waals surface area contributed by atoms with Gasteiger partial charge in [0.05, 0.1) is 5.75 Å². The summed E-state index contributed by atoms with van der Waals surface area (Å²) in [5, 5.41) is 9.21. The van der Waals surface area contributed by atoms with Gasteiger partial charge in [-0.1, -0.05) is 18.7 Å². The molecular weight excluding hydrogens is 278 g/mol. The Kier molecular flexibility index (Phi) is 5.19. The lowest BCUT2D eigenvalue weighted by Crippen LogP contribution is -2.30. The van der Waals surface area contributed by atoms with Gasteiger partial charge in [0.15, 0.2) is 5.16 Å². The summed E-state index contributed by atoms with van der Waals surface area (Å²) in [7, 11) is 0. The topological polar surface area (TPSA) is 75.4 Å². The monoisotopic (exact) mass is 297 g/mol. The van der Waals surface area contributed by atoms with Crippen LogP contribution < -0.4 is 5.56 Å². The molecule has 0 atom stereocenters. The number of aliphatic carboxylic acids is 1. The van der Waals surface area contributed by atoms with Gasteiger partial charge in [0.1, 0.15) is 0 Å². The first kappa shape index (κ1) is 15.1. The average Bonchev–Trinajstić information content (AvgIpc) is 3.23. The van der Waals surface area contributed by atoms with Crippen LogP contribution in [-0.2, 0) is 11.3 Å². The first-order valence-corrected chi connectivity index (χ1v) is 7.75. The number of hydrogen-bond acceptors (Lipinski definition) is 5. The minimum Gasteiger partial charge on any atom is -0.481 e. The lowest BCUT2D eigenvalue weighted by Gasteiger charge is -2.21. The number of carboxylic acids is 1. The Morgan fingerprint density at radius 2 is 2.35 bits per heavy atom. The van der Waals surface area contributed by atoms with Crippen LogP contribution in [0.4, 0.5) is 0 Å². The van der Waals surface area contributed by atoms with Gasteiger partial charge in [-0.2, -0.15) is 4.98 Å². The molecule has 2 rings (SSSR count). The van der Waals surface area contributed by atoms with E-state index in [0.29, 0.717) is 11.2 Å². The van der Waals surface area contributed by atoms with Crippen molar-refractivity contribution in [2.75, 3.05) is 18.8 Å². The van der Waals surface area contributed by atoms with E-state index in [2.05, 4.69) is 16.8 Å². The third kappa shape index (κ3) is 4.35. The van der Waals surface area contributed by atoms with Crippen molar-refractivity contribution in [3.05, 3.63) is 22.6 Å². The van der Waals surface area contributed by atoms with Crippen LogP contribution in [-0.4, -0.2) is 50.4 Å². The molecule has 0 radical (unpaired) electrons. The van der Waals surface area contributed by atoms with Crippen molar-refractivity contribution in [1.82, 2.24) is 14.5 Å². The van der Waals surface area contributed by atoms with E-state index < -0.39 is 5.97 Å². The predicted molar refractivity (Wildman–Crippen MR) is 77.1 cm³/mol. The highest BCUT2D eigenvalue weighted by atomic mass is 32.2. The fraction of sp³-hybridized carbons (Fsp3) is 0.615. The van der Waals surface area contributed by atoms with E-state index in [4.69, 9.17) is 5.11 Å². The van der Waals surface area contributed by atoms with Crippen molar-refractivity contribution < 1.29 is 9.90 Å². The van der Waals surface area contributed by atoms with Gasteiger partial charge in [-0.25, -0.2) is 0 Å². The molecule has 0 spiro atoms. The number of nitrogens with zero attached hydrogens (tertiary/aromatic N) is 3. The first-order chi connectivity index (χ1) is 9.60. The quantitative estimate of drug-likeness (QED) is 0.568. The summed E-state index contributed by atoms with van der Waals surface area (Å²) >= 11 is 1.09. The van der Waals surface area contributed by atoms with Gasteiger partial charge in [-0.3, -0.25) is 14.5 Å². The Balaban J connectivity index is 2.01. The molecule has 0 saturated heterocycles. The molecule has 0 bridgehead atoms. The van der Waals surface area contributed by atoms with E-state index in [-0.39, 0.29) is 11.3 Å². The van der Waals surface area contributed by atoms with Crippen LogP contribution in [0.3, 0.4) is 0 Å². The van der Waals surface area contributed by atoms with Gasteiger partial charge in [0.2, 0.25) is 0 Å². The molecule has 1 fully saturated rings. The van der Waals surface area contributed by atoms with Crippen LogP contribution in [0.5, 0.6) is 0 Å². The van der Waals surface area contributed by atoms with Crippen LogP contribution in [0.2, 0.25) is 0 Å². The van der Waals surface area contributed by atoms with Crippen LogP contribution in [0.25, 0.3) is 0 Å². The Hall–Kier alpha value is -1.34. The van der Waals surface area contributed by atoms with Gasteiger partial charge < -0.3 is 9.67 Å². The number of rotatable bonds is 8. The van der Waals surface area contributed by atoms with E-state index in [1.807, 2.05) is 4.57 Å². The minimum atomic E-state index is -0.909. The van der Waals surface area contributed by atoms with Crippen molar-refractivity contribution in [3.8, 4) is 0 Å². The molecule has 1 aromatic heterocycles. The molecule has 20 heavy (non-hydrogen) atoms. The summed E-state index contributed by atoms with van der Waals surface area (Å²) in [5.41, 5.74) is -0.330. The summed E-state index contributed by atoms with van der Waals surface area (Å²) in [5.74, 6) is -0.996. The Morgan fingerprint density at radius 3 is 2.95 bits per heavy atom. The fourth-order valence-corrected chi connectivity index (χ4v) is 2.82. The molecule has 1 heterocycles. The summed E-state index contributed by atoms with van der Waals surface area (Å²) in [6.45, 7) is 4.77. The molecule has 0 aromatic carbocycles. The maximum atomic E-state index is 11.3. The molecule has 0 aliphatic heterocycles. The third-order valence-corrected chi connectivity index (χ3v) is 4.25. The number of aromatic nitrogens is 2. The smallest absolute Gasteiger partial charge is 0.313 e. The highest BCUT2D eigenvalue weighted by Crippen LogP contribution is 2.26. The van der Waals surface area contributed by atoms with Crippen molar-refractivity contribution in [3.63, 3.8) is 0 Å². The highest BCUT2D eigenvalue weighted by molar-refractivity contribution is 7.99. The zero-order valence-corrected chi connectivity index (χ0v) is 12.3. The minimum absolute atomic E-state index is 0.0867. The first-order valence-electron chi connectivity index (χ1n) is 6.76. The summed E-state index contributed by atoms with van der Waals surface area (Å²) < 4.78 is 1.86. The van der Waals surface area contributed by atoms with E-state index >= 15 is 0 Å². The maximum Gasteiger partial charge on any atom is 0.313 e. The van der Waals surface area contributed by atoms with E-state index in [9.17, 15) is 9.59 Å². The molecule has 1 aliphatic carbocycles. The van der Waals surface area contributed by atoms with Crippen molar-refractivity contribution in [2.24, 2.45) is 0 Å². The van der Waals surface area contributed by atoms with E-state index in [1.54, 1.807) is 6.20 Å². The normalized spacial score (nSPS) is 14.7. The van der Waals surface area contributed by atoms with E-state index in [1.165, 1.54) is 18.9 Å². The molecule has 6 nitrogen and oxygen atoms in total. The second-order valence-corrected chi connectivity index (χ2v) is 5.73. The van der Waals surface area contributed by atoms with Gasteiger partial charge in [-0.05, 0) is 19.4 Å². The van der Waals surface area contributed by atoms with Gasteiger partial charge in [-0.15, -0.1) is 0 Å². The summed E-state index contributed by atoms with van der Waals surface area (Å²) in [6.07, 6.45) is 4.22. The standard InChI is InChI=1S/C13H19N3O3S/c1-2-15(10-3-4-10)7-8-16-6-5-11(17)14-13(16)20-9-12(18)19/h5-6,10H,2-4,7-9H2,1H3,(H,18,19). The third-order valence-electron chi connectivity index (χ3n) is 3.27. The summed E-state index contributed by atoms with van der Waals surface area (Å²) in [6, 6.07) is 2.11. The molecule has 0 unspecified atom stereocenters. The number of carbonyl (C=O) groups is 1. The maximum absolute atomic E-state index is 11.3. The molecule has 1 aromatic rings. The molecular formula is C13H19N3O3S. The molecule has 7 heteroatoms. The molecule has 1 N–H and O–H groups in total. The van der Waals surface area contributed by atoms with E-state index in [0.717, 1.165) is 31.4 Å². The van der Waals surface area contributed by atoms with Gasteiger partial charge >= 0.3 is 5.97 Å². The highest BCUT2D eigenvalue weighted by Gasteiger charge is 2.27. The molecule has 110 valence electrons. The van der Waals surface area contributed by atoms with Gasteiger partial charge in [0, 0.05) is 31.4 Å². The molecule has 1 aliphatic rings. The Bertz CT molecular complexity index is 528. The number of hydrogen-bond donors (Lipinski definition) is 1. The van der Waals surface area contributed by atoms with Crippen molar-refractivity contribution >= 4 is 17.7 Å². The number of likely N-dealkylation sites (N-methyl/N-ethyl adjacent to an activating group) is 1. The Labute approximate surface area is 121 Å². The Morgan fingerprint density at radius 1 is 1.60 bits per heavy atom. The van der Waals surface area contributed by atoms with Crippen molar-refractivity contribution in [1.29, 1.82) is 0 Å². The van der Waals surface area contributed by atoms with Crippen LogP contribution in [0, 0.1) is 0 Å². The molecule has 0 amide bonds. The zero-order valence-electron chi connectivity index (χ0n) is 11.5. The second-order valence-electron chi connectivity index (χ2n) is 4.78. The number of carboxylic acid groups (broad SMARTS) is 1. The van der Waals surface area contributed by atoms with Crippen LogP contribution in [0.15, 0.2) is 22.2 Å². The number of thioether (sulfide) groups is 1. The average molecular weight is 297 g/mol. The zero-order chi connectivity index (χ0) is 14.5.